The number of pyridine rings is 2. The van der Waals surface area contributed by atoms with E-state index in [1.54, 1.807) is 37.6 Å². The summed E-state index contributed by atoms with van der Waals surface area (Å²) in [5, 5.41) is 5.71. The lowest BCUT2D eigenvalue weighted by Crippen LogP contribution is -2.29. The topological polar surface area (TPSA) is 133 Å². The van der Waals surface area contributed by atoms with Crippen molar-refractivity contribution in [1.29, 1.82) is 0 Å². The summed E-state index contributed by atoms with van der Waals surface area (Å²) in [4.78, 5) is 20.1. The Balaban J connectivity index is 1.83. The number of sulfone groups is 1. The number of furan rings is 1. The van der Waals surface area contributed by atoms with Gasteiger partial charge in [0.2, 0.25) is 5.91 Å². The average Bonchev–Trinajstić information content (AvgIpc) is 3.46. The van der Waals surface area contributed by atoms with E-state index in [0.29, 0.717) is 48.0 Å². The first-order valence-electron chi connectivity index (χ1n) is 10.1. The fourth-order valence-corrected chi connectivity index (χ4v) is 4.25. The quantitative estimate of drug-likeness (QED) is 0.532. The van der Waals surface area contributed by atoms with Gasteiger partial charge in [0.1, 0.15) is 23.0 Å². The van der Waals surface area contributed by atoms with Gasteiger partial charge >= 0.3 is 0 Å². The third kappa shape index (κ3) is 4.90. The Hall–Kier alpha value is -3.28. The Morgan fingerprint density at radius 3 is 2.67 bits per heavy atom. The summed E-state index contributed by atoms with van der Waals surface area (Å²) in [7, 11) is -2.05. The van der Waals surface area contributed by atoms with Gasteiger partial charge in [0.15, 0.2) is 14.9 Å². The summed E-state index contributed by atoms with van der Waals surface area (Å²) < 4.78 is 41.6. The van der Waals surface area contributed by atoms with Crippen LogP contribution in [0.4, 0.5) is 17.3 Å². The molecule has 1 atom stereocenters. The van der Waals surface area contributed by atoms with E-state index in [1.807, 2.05) is 0 Å². The predicted molar refractivity (Wildman–Crippen MR) is 121 cm³/mol. The monoisotopic (exact) mass is 472 g/mol. The van der Waals surface area contributed by atoms with Crippen LogP contribution in [0.15, 0.2) is 52.2 Å². The van der Waals surface area contributed by atoms with Crippen molar-refractivity contribution >= 4 is 33.1 Å². The Kier molecular flexibility index (Phi) is 6.19. The molecule has 4 heterocycles. The summed E-state index contributed by atoms with van der Waals surface area (Å²) in [6.07, 6.45) is 4.76. The van der Waals surface area contributed by atoms with Crippen LogP contribution in [0.5, 0.6) is 0 Å². The molecule has 2 N–H and O–H groups in total. The Labute approximate surface area is 191 Å². The molecule has 1 saturated heterocycles. The summed E-state index contributed by atoms with van der Waals surface area (Å²) in [5.41, 5.74) is 0.980. The molecule has 1 fully saturated rings. The second-order valence-electron chi connectivity index (χ2n) is 7.75. The maximum Gasteiger partial charge on any atom is 0.222 e. The number of carbonyl (C=O) groups is 1. The molecule has 0 saturated carbocycles. The molecule has 10 nitrogen and oxygen atoms in total. The summed E-state index contributed by atoms with van der Waals surface area (Å²) in [5.74, 6) is 0.861. The highest BCUT2D eigenvalue weighted by atomic mass is 32.2. The van der Waals surface area contributed by atoms with Crippen molar-refractivity contribution in [2.24, 2.45) is 0 Å². The van der Waals surface area contributed by atoms with E-state index in [-0.39, 0.29) is 16.8 Å². The van der Waals surface area contributed by atoms with E-state index in [0.717, 1.165) is 6.26 Å². The number of anilines is 3. The van der Waals surface area contributed by atoms with Gasteiger partial charge in [-0.15, -0.1) is 0 Å². The molecule has 3 aromatic rings. The minimum absolute atomic E-state index is 0.0958. The number of nitrogens with one attached hydrogen (secondary N) is 2. The number of nitrogens with zero attached hydrogens (tertiary/aromatic N) is 2. The van der Waals surface area contributed by atoms with Crippen LogP contribution in [0, 0.1) is 0 Å². The summed E-state index contributed by atoms with van der Waals surface area (Å²) in [6, 6.07) is 8.38. The lowest BCUT2D eigenvalue weighted by atomic mass is 9.93. The molecule has 0 aromatic carbocycles. The molecule has 1 unspecified atom stereocenters. The first-order chi connectivity index (χ1) is 15.7. The SMILES string of the molecule is COC1(c2cc(Nc3cc(NC(C)=O)ncc3-c3ccco3)nc(S(C)(=O)=O)c2)CCOC1. The van der Waals surface area contributed by atoms with E-state index in [2.05, 4.69) is 20.6 Å². The van der Waals surface area contributed by atoms with Crippen LogP contribution in [-0.2, 0) is 29.7 Å². The zero-order valence-corrected chi connectivity index (χ0v) is 19.2. The number of amides is 1. The molecule has 0 spiro atoms. The number of ether oxygens (including phenoxy) is 2. The van der Waals surface area contributed by atoms with Gasteiger partial charge < -0.3 is 24.5 Å². The van der Waals surface area contributed by atoms with E-state index < -0.39 is 15.4 Å². The van der Waals surface area contributed by atoms with Crippen LogP contribution >= 0.6 is 0 Å². The van der Waals surface area contributed by atoms with Crippen molar-refractivity contribution in [3.05, 3.63) is 48.4 Å². The predicted octanol–water partition coefficient (Wildman–Crippen LogP) is 3.10. The largest absolute Gasteiger partial charge is 0.464 e. The smallest absolute Gasteiger partial charge is 0.222 e. The second kappa shape index (κ2) is 8.93. The van der Waals surface area contributed by atoms with Gasteiger partial charge in [-0.3, -0.25) is 4.79 Å². The zero-order valence-electron chi connectivity index (χ0n) is 18.4. The van der Waals surface area contributed by atoms with Crippen LogP contribution in [0.3, 0.4) is 0 Å². The van der Waals surface area contributed by atoms with E-state index in [4.69, 9.17) is 13.9 Å². The van der Waals surface area contributed by atoms with Gasteiger partial charge in [-0.2, -0.15) is 0 Å². The lowest BCUT2D eigenvalue weighted by molar-refractivity contribution is -0.114. The molecule has 0 radical (unpaired) electrons. The van der Waals surface area contributed by atoms with Crippen LogP contribution < -0.4 is 10.6 Å². The summed E-state index contributed by atoms with van der Waals surface area (Å²) in [6.45, 7) is 2.18. The molecule has 0 aliphatic carbocycles. The molecule has 3 aromatic heterocycles. The highest BCUT2D eigenvalue weighted by Gasteiger charge is 2.38. The van der Waals surface area contributed by atoms with Gasteiger partial charge in [0.25, 0.3) is 0 Å². The van der Waals surface area contributed by atoms with Gasteiger partial charge in [0, 0.05) is 45.6 Å². The molecule has 1 amide bonds. The molecule has 33 heavy (non-hydrogen) atoms. The fraction of sp³-hybridized carbons (Fsp3) is 0.318. The van der Waals surface area contributed by atoms with Crippen molar-refractivity contribution in [3.63, 3.8) is 0 Å². The van der Waals surface area contributed by atoms with Gasteiger partial charge in [-0.05, 0) is 29.8 Å². The first-order valence-corrected chi connectivity index (χ1v) is 12.0. The Bertz CT molecular complexity index is 1270. The third-order valence-electron chi connectivity index (χ3n) is 5.34. The van der Waals surface area contributed by atoms with Crippen LogP contribution in [0.1, 0.15) is 18.9 Å². The van der Waals surface area contributed by atoms with E-state index in [9.17, 15) is 13.2 Å². The van der Waals surface area contributed by atoms with E-state index in [1.165, 1.54) is 19.3 Å². The maximum atomic E-state index is 12.4. The molecule has 4 rings (SSSR count). The van der Waals surface area contributed by atoms with Crippen molar-refractivity contribution in [2.45, 2.75) is 24.0 Å². The van der Waals surface area contributed by atoms with Crippen LogP contribution in [0.25, 0.3) is 11.3 Å². The first kappa shape index (κ1) is 22.9. The van der Waals surface area contributed by atoms with Crippen molar-refractivity contribution < 1.29 is 27.1 Å². The molecule has 0 bridgehead atoms. The minimum Gasteiger partial charge on any atom is -0.464 e. The number of rotatable bonds is 7. The van der Waals surface area contributed by atoms with E-state index >= 15 is 0 Å². The Morgan fingerprint density at radius 2 is 2.06 bits per heavy atom. The zero-order chi connectivity index (χ0) is 23.6. The van der Waals surface area contributed by atoms with Gasteiger partial charge in [0.05, 0.1) is 24.1 Å². The molecular formula is C22H24N4O6S. The fourth-order valence-electron chi connectivity index (χ4n) is 3.65. The maximum absolute atomic E-state index is 12.4. The van der Waals surface area contributed by atoms with Crippen molar-refractivity contribution in [2.75, 3.05) is 37.2 Å². The molecule has 1 aliphatic heterocycles. The average molecular weight is 473 g/mol. The molecular weight excluding hydrogens is 448 g/mol. The standard InChI is InChI=1S/C22H24N4O6S/c1-14(27)24-19-11-17(16(12-23-19)18-5-4-7-32-18)25-20-9-15(10-21(26-20)33(3,28)29)22(30-2)6-8-31-13-22/h4-5,7,9-12H,6,8,13H2,1-3H3,(H2,23,24,25,26,27). The number of carbonyl (C=O) groups excluding carboxylic acids is 1. The van der Waals surface area contributed by atoms with Gasteiger partial charge in [-0.25, -0.2) is 18.4 Å². The normalized spacial score (nSPS) is 18.3. The third-order valence-corrected chi connectivity index (χ3v) is 6.31. The number of hydrogen-bond donors (Lipinski definition) is 2. The number of methoxy groups -OCH3 is 1. The molecule has 1 aliphatic rings. The second-order valence-corrected chi connectivity index (χ2v) is 9.71. The highest BCUT2D eigenvalue weighted by molar-refractivity contribution is 7.90. The summed E-state index contributed by atoms with van der Waals surface area (Å²) >= 11 is 0. The lowest BCUT2D eigenvalue weighted by Gasteiger charge is -2.27. The van der Waals surface area contributed by atoms with Gasteiger partial charge in [-0.1, -0.05) is 0 Å². The molecule has 174 valence electrons. The van der Waals surface area contributed by atoms with Crippen LogP contribution in [-0.4, -0.2) is 50.9 Å². The Morgan fingerprint density at radius 1 is 1.24 bits per heavy atom. The minimum atomic E-state index is -3.62. The molecule has 11 heteroatoms. The number of aromatic nitrogens is 2. The van der Waals surface area contributed by atoms with Crippen molar-refractivity contribution in [1.82, 2.24) is 9.97 Å². The van der Waals surface area contributed by atoms with Crippen LogP contribution in [0.2, 0.25) is 0 Å². The number of hydrogen-bond acceptors (Lipinski definition) is 9. The highest BCUT2D eigenvalue weighted by Crippen LogP contribution is 2.37. The van der Waals surface area contributed by atoms with Crippen molar-refractivity contribution in [3.8, 4) is 11.3 Å².